The van der Waals surface area contributed by atoms with Crippen LogP contribution in [0, 0.1) is 0 Å². The molecule has 0 fully saturated rings. The Kier molecular flexibility index (Phi) is 6.36. The van der Waals surface area contributed by atoms with Gasteiger partial charge in [-0.3, -0.25) is 9.00 Å². The van der Waals surface area contributed by atoms with Crippen LogP contribution in [-0.2, 0) is 20.3 Å². The van der Waals surface area contributed by atoms with Gasteiger partial charge in [-0.05, 0) is 18.6 Å². The van der Waals surface area contributed by atoms with Crippen LogP contribution in [0.25, 0.3) is 0 Å². The largest absolute Gasteiger partial charge is 0.468 e. The van der Waals surface area contributed by atoms with E-state index in [2.05, 4.69) is 0 Å². The maximum Gasteiger partial charge on any atom is 0.321 e. The van der Waals surface area contributed by atoms with Gasteiger partial charge in [-0.1, -0.05) is 43.5 Å². The highest BCUT2D eigenvalue weighted by Crippen LogP contribution is 2.24. The second kappa shape index (κ2) is 7.54. The number of hydrogen-bond donors (Lipinski definition) is 0. The standard InChI is InChI=1S/C13H17ClO3S/c1-3-4-8-12(13(15)17-2)18(16)11-9-6-5-7-10(11)14/h5-7,9,12H,3-4,8H2,1-2H3. The van der Waals surface area contributed by atoms with Crippen LogP contribution < -0.4 is 0 Å². The van der Waals surface area contributed by atoms with Crippen molar-refractivity contribution in [2.24, 2.45) is 0 Å². The average Bonchev–Trinajstić information content (AvgIpc) is 2.39. The summed E-state index contributed by atoms with van der Waals surface area (Å²) in [6.07, 6.45) is 2.31. The van der Waals surface area contributed by atoms with Gasteiger partial charge in [-0.2, -0.15) is 0 Å². The smallest absolute Gasteiger partial charge is 0.321 e. The van der Waals surface area contributed by atoms with E-state index in [1.54, 1.807) is 24.3 Å². The molecule has 0 radical (unpaired) electrons. The highest BCUT2D eigenvalue weighted by atomic mass is 35.5. The van der Waals surface area contributed by atoms with Crippen molar-refractivity contribution in [2.75, 3.05) is 7.11 Å². The first-order valence-electron chi connectivity index (χ1n) is 5.84. The molecule has 0 aliphatic rings. The molecule has 0 N–H and O–H groups in total. The molecule has 2 atom stereocenters. The molecule has 0 aromatic heterocycles. The second-order valence-electron chi connectivity index (χ2n) is 3.88. The molecule has 5 heteroatoms. The van der Waals surface area contributed by atoms with E-state index in [4.69, 9.17) is 16.3 Å². The number of carbonyl (C=O) groups excluding carboxylic acids is 1. The summed E-state index contributed by atoms with van der Waals surface area (Å²) in [5.74, 6) is -0.443. The predicted octanol–water partition coefficient (Wildman–Crippen LogP) is 3.18. The molecule has 1 aromatic rings. The first-order chi connectivity index (χ1) is 8.61. The van der Waals surface area contributed by atoms with Gasteiger partial charge in [0.05, 0.1) is 27.8 Å². The van der Waals surface area contributed by atoms with Crippen molar-refractivity contribution in [3.05, 3.63) is 29.3 Å². The maximum absolute atomic E-state index is 12.4. The van der Waals surface area contributed by atoms with E-state index in [9.17, 15) is 9.00 Å². The summed E-state index contributed by atoms with van der Waals surface area (Å²) in [4.78, 5) is 12.2. The SMILES string of the molecule is CCCCC(C(=O)OC)S(=O)c1ccccc1Cl. The summed E-state index contributed by atoms with van der Waals surface area (Å²) in [5, 5.41) is -0.226. The van der Waals surface area contributed by atoms with E-state index in [-0.39, 0.29) is 0 Å². The van der Waals surface area contributed by atoms with Crippen LogP contribution in [0.15, 0.2) is 29.2 Å². The Bertz CT molecular complexity index is 434. The summed E-state index contributed by atoms with van der Waals surface area (Å²) >= 11 is 6.00. The molecule has 0 aliphatic carbocycles. The third-order valence-corrected chi connectivity index (χ3v) is 4.77. The minimum atomic E-state index is -1.47. The van der Waals surface area contributed by atoms with Gasteiger partial charge in [-0.25, -0.2) is 0 Å². The summed E-state index contributed by atoms with van der Waals surface area (Å²) in [6, 6.07) is 6.87. The van der Waals surface area contributed by atoms with Crippen molar-refractivity contribution in [3.63, 3.8) is 0 Å². The molecule has 0 amide bonds. The third-order valence-electron chi connectivity index (χ3n) is 2.60. The molecule has 100 valence electrons. The van der Waals surface area contributed by atoms with E-state index in [1.807, 2.05) is 6.92 Å². The highest BCUT2D eigenvalue weighted by molar-refractivity contribution is 7.86. The molecule has 1 aromatic carbocycles. The molecule has 0 saturated carbocycles. The summed E-state index contributed by atoms with van der Waals surface area (Å²) < 4.78 is 17.1. The second-order valence-corrected chi connectivity index (χ2v) is 5.89. The van der Waals surface area contributed by atoms with E-state index in [0.29, 0.717) is 16.3 Å². The minimum Gasteiger partial charge on any atom is -0.468 e. The lowest BCUT2D eigenvalue weighted by Crippen LogP contribution is -2.27. The van der Waals surface area contributed by atoms with Gasteiger partial charge in [0, 0.05) is 0 Å². The first kappa shape index (κ1) is 15.2. The molecule has 2 unspecified atom stereocenters. The molecular weight excluding hydrogens is 272 g/mol. The van der Waals surface area contributed by atoms with Crippen molar-refractivity contribution < 1.29 is 13.7 Å². The number of unbranched alkanes of at least 4 members (excludes halogenated alkanes) is 1. The Balaban J connectivity index is 2.95. The van der Waals surface area contributed by atoms with Crippen molar-refractivity contribution in [2.45, 2.75) is 36.3 Å². The quantitative estimate of drug-likeness (QED) is 0.755. The van der Waals surface area contributed by atoms with Crippen LogP contribution in [0.5, 0.6) is 0 Å². The molecule has 0 aliphatic heterocycles. The van der Waals surface area contributed by atoms with Gasteiger partial charge < -0.3 is 4.74 Å². The number of methoxy groups -OCH3 is 1. The van der Waals surface area contributed by atoms with Gasteiger partial charge in [0.2, 0.25) is 0 Å². The van der Waals surface area contributed by atoms with Crippen LogP contribution in [0.3, 0.4) is 0 Å². The van der Waals surface area contributed by atoms with Gasteiger partial charge in [-0.15, -0.1) is 0 Å². The molecule has 0 spiro atoms. The van der Waals surface area contributed by atoms with Crippen molar-refractivity contribution in [1.82, 2.24) is 0 Å². The predicted molar refractivity (Wildman–Crippen MR) is 73.2 cm³/mol. The van der Waals surface area contributed by atoms with E-state index < -0.39 is 22.0 Å². The lowest BCUT2D eigenvalue weighted by atomic mass is 10.2. The van der Waals surface area contributed by atoms with Gasteiger partial charge >= 0.3 is 5.97 Å². The van der Waals surface area contributed by atoms with Gasteiger partial charge in [0.15, 0.2) is 0 Å². The van der Waals surface area contributed by atoms with Gasteiger partial charge in [0.25, 0.3) is 0 Å². The number of rotatable bonds is 6. The Morgan fingerprint density at radius 1 is 1.44 bits per heavy atom. The van der Waals surface area contributed by atoms with Crippen LogP contribution in [0.2, 0.25) is 5.02 Å². The molecule has 3 nitrogen and oxygen atoms in total. The molecule has 0 saturated heterocycles. The Morgan fingerprint density at radius 2 is 2.11 bits per heavy atom. The first-order valence-corrected chi connectivity index (χ1v) is 7.43. The summed E-state index contributed by atoms with van der Waals surface area (Å²) in [5.41, 5.74) is 0. The van der Waals surface area contributed by atoms with Crippen molar-refractivity contribution in [3.8, 4) is 0 Å². The van der Waals surface area contributed by atoms with Crippen LogP contribution in [-0.4, -0.2) is 22.5 Å². The van der Waals surface area contributed by atoms with Crippen LogP contribution in [0.4, 0.5) is 0 Å². The molecule has 18 heavy (non-hydrogen) atoms. The zero-order valence-corrected chi connectivity index (χ0v) is 12.1. The van der Waals surface area contributed by atoms with Crippen LogP contribution in [0.1, 0.15) is 26.2 Å². The number of esters is 1. The Morgan fingerprint density at radius 3 is 2.67 bits per heavy atom. The lowest BCUT2D eigenvalue weighted by Gasteiger charge is -2.14. The molecule has 0 bridgehead atoms. The van der Waals surface area contributed by atoms with E-state index >= 15 is 0 Å². The average molecular weight is 289 g/mol. The Labute approximate surface area is 115 Å². The number of halogens is 1. The molecule has 0 heterocycles. The normalized spacial score (nSPS) is 13.9. The molecule has 1 rings (SSSR count). The summed E-state index contributed by atoms with van der Waals surface area (Å²) in [6.45, 7) is 2.02. The fourth-order valence-electron chi connectivity index (χ4n) is 1.59. The summed E-state index contributed by atoms with van der Waals surface area (Å²) in [7, 11) is -0.160. The third kappa shape index (κ3) is 3.82. The monoisotopic (exact) mass is 288 g/mol. The fraction of sp³-hybridized carbons (Fsp3) is 0.462. The van der Waals surface area contributed by atoms with Crippen molar-refractivity contribution in [1.29, 1.82) is 0 Å². The van der Waals surface area contributed by atoms with E-state index in [0.717, 1.165) is 12.8 Å². The molecular formula is C13H17ClO3S. The van der Waals surface area contributed by atoms with E-state index in [1.165, 1.54) is 7.11 Å². The number of hydrogen-bond acceptors (Lipinski definition) is 3. The fourth-order valence-corrected chi connectivity index (χ4v) is 3.39. The van der Waals surface area contributed by atoms with Crippen LogP contribution >= 0.6 is 11.6 Å². The van der Waals surface area contributed by atoms with Gasteiger partial charge in [0.1, 0.15) is 5.25 Å². The zero-order chi connectivity index (χ0) is 13.5. The maximum atomic E-state index is 12.4. The lowest BCUT2D eigenvalue weighted by molar-refractivity contribution is -0.140. The zero-order valence-electron chi connectivity index (χ0n) is 10.5. The topological polar surface area (TPSA) is 43.4 Å². The Hall–Kier alpha value is -0.870. The highest BCUT2D eigenvalue weighted by Gasteiger charge is 2.27. The van der Waals surface area contributed by atoms with Crippen molar-refractivity contribution >= 4 is 28.4 Å². The number of benzene rings is 1. The number of carbonyl (C=O) groups is 1. The minimum absolute atomic E-state index is 0.418. The number of ether oxygens (including phenoxy) is 1.